The Morgan fingerprint density at radius 1 is 1.47 bits per heavy atom. The lowest BCUT2D eigenvalue weighted by molar-refractivity contribution is 0.0601. The molecule has 0 aliphatic rings. The molecule has 0 radical (unpaired) electrons. The molecule has 94 valence electrons. The van der Waals surface area contributed by atoms with Crippen molar-refractivity contribution in [3.63, 3.8) is 0 Å². The van der Waals surface area contributed by atoms with Crippen molar-refractivity contribution in [3.8, 4) is 0 Å². The van der Waals surface area contributed by atoms with E-state index in [1.165, 1.54) is 7.11 Å². The highest BCUT2D eigenvalue weighted by molar-refractivity contribution is 5.95. The van der Waals surface area contributed by atoms with E-state index in [-0.39, 0.29) is 5.97 Å². The Labute approximate surface area is 103 Å². The number of benzene rings is 1. The Morgan fingerprint density at radius 3 is 2.76 bits per heavy atom. The SMILES string of the molecule is CCC(C)CNc1ccc(C)cc1C(=O)OC. The van der Waals surface area contributed by atoms with Gasteiger partial charge in [-0.25, -0.2) is 4.79 Å². The van der Waals surface area contributed by atoms with E-state index in [9.17, 15) is 4.79 Å². The molecule has 0 aliphatic carbocycles. The van der Waals surface area contributed by atoms with Gasteiger partial charge in [0.1, 0.15) is 0 Å². The van der Waals surface area contributed by atoms with E-state index < -0.39 is 0 Å². The molecule has 0 heterocycles. The third-order valence-corrected chi connectivity index (χ3v) is 2.92. The number of aryl methyl sites for hydroxylation is 1. The summed E-state index contributed by atoms with van der Waals surface area (Å²) in [6, 6.07) is 5.78. The third kappa shape index (κ3) is 3.77. The topological polar surface area (TPSA) is 38.3 Å². The molecule has 3 nitrogen and oxygen atoms in total. The summed E-state index contributed by atoms with van der Waals surface area (Å²) in [5.74, 6) is 0.294. The lowest BCUT2D eigenvalue weighted by Gasteiger charge is -2.14. The van der Waals surface area contributed by atoms with Crippen LogP contribution in [0, 0.1) is 12.8 Å². The number of esters is 1. The first-order valence-corrected chi connectivity index (χ1v) is 6.01. The van der Waals surface area contributed by atoms with E-state index in [2.05, 4.69) is 19.2 Å². The summed E-state index contributed by atoms with van der Waals surface area (Å²) < 4.78 is 4.79. The van der Waals surface area contributed by atoms with Crippen LogP contribution in [0.1, 0.15) is 36.2 Å². The molecule has 0 saturated carbocycles. The Balaban J connectivity index is 2.86. The molecule has 3 heteroatoms. The maximum Gasteiger partial charge on any atom is 0.339 e. The smallest absolute Gasteiger partial charge is 0.339 e. The highest BCUT2D eigenvalue weighted by atomic mass is 16.5. The number of methoxy groups -OCH3 is 1. The number of ether oxygens (including phenoxy) is 1. The number of hydrogen-bond donors (Lipinski definition) is 1. The van der Waals surface area contributed by atoms with Gasteiger partial charge in [0.05, 0.1) is 12.7 Å². The maximum atomic E-state index is 11.6. The summed E-state index contributed by atoms with van der Waals surface area (Å²) in [6.07, 6.45) is 1.12. The number of carbonyl (C=O) groups excluding carboxylic acids is 1. The first-order chi connectivity index (χ1) is 8.08. The largest absolute Gasteiger partial charge is 0.465 e. The van der Waals surface area contributed by atoms with Crippen LogP contribution in [-0.2, 0) is 4.74 Å². The number of hydrogen-bond acceptors (Lipinski definition) is 3. The van der Waals surface area contributed by atoms with Crippen LogP contribution in [0.3, 0.4) is 0 Å². The average molecular weight is 235 g/mol. The molecule has 0 spiro atoms. The predicted molar refractivity (Wildman–Crippen MR) is 70.5 cm³/mol. The van der Waals surface area contributed by atoms with Crippen LogP contribution in [-0.4, -0.2) is 19.6 Å². The van der Waals surface area contributed by atoms with Crippen LogP contribution in [0.4, 0.5) is 5.69 Å². The summed E-state index contributed by atoms with van der Waals surface area (Å²) in [4.78, 5) is 11.6. The van der Waals surface area contributed by atoms with Crippen molar-refractivity contribution < 1.29 is 9.53 Å². The van der Waals surface area contributed by atoms with Gasteiger partial charge in [0.2, 0.25) is 0 Å². The van der Waals surface area contributed by atoms with E-state index in [4.69, 9.17) is 4.74 Å². The maximum absolute atomic E-state index is 11.6. The highest BCUT2D eigenvalue weighted by Crippen LogP contribution is 2.19. The molecular weight excluding hydrogens is 214 g/mol. The zero-order chi connectivity index (χ0) is 12.8. The number of anilines is 1. The Bertz CT molecular complexity index is 388. The van der Waals surface area contributed by atoms with E-state index in [0.29, 0.717) is 11.5 Å². The molecule has 1 unspecified atom stereocenters. The molecule has 0 amide bonds. The molecular formula is C14H21NO2. The molecule has 0 bridgehead atoms. The first-order valence-electron chi connectivity index (χ1n) is 6.01. The highest BCUT2D eigenvalue weighted by Gasteiger charge is 2.12. The molecule has 1 rings (SSSR count). The molecule has 1 N–H and O–H groups in total. The molecule has 0 saturated heterocycles. The van der Waals surface area contributed by atoms with Crippen molar-refractivity contribution in [2.45, 2.75) is 27.2 Å². The molecule has 0 aromatic heterocycles. The molecule has 1 aromatic carbocycles. The lowest BCUT2D eigenvalue weighted by Crippen LogP contribution is -2.14. The van der Waals surface area contributed by atoms with Gasteiger partial charge in [-0.1, -0.05) is 31.9 Å². The molecule has 1 aromatic rings. The van der Waals surface area contributed by atoms with Gasteiger partial charge in [0, 0.05) is 12.2 Å². The number of nitrogens with one attached hydrogen (secondary N) is 1. The summed E-state index contributed by atoms with van der Waals surface area (Å²) in [5, 5.41) is 3.31. The summed E-state index contributed by atoms with van der Waals surface area (Å²) in [7, 11) is 1.41. The Kier molecular flexibility index (Phi) is 5.01. The summed E-state index contributed by atoms with van der Waals surface area (Å²) in [6.45, 7) is 7.16. The number of rotatable bonds is 5. The van der Waals surface area contributed by atoms with E-state index >= 15 is 0 Å². The van der Waals surface area contributed by atoms with Crippen LogP contribution in [0.25, 0.3) is 0 Å². The minimum atomic E-state index is -0.291. The first kappa shape index (κ1) is 13.6. The fraction of sp³-hybridized carbons (Fsp3) is 0.500. The van der Waals surface area contributed by atoms with Crippen LogP contribution in [0.5, 0.6) is 0 Å². The van der Waals surface area contributed by atoms with Gasteiger partial charge in [-0.2, -0.15) is 0 Å². The van der Waals surface area contributed by atoms with Crippen LogP contribution < -0.4 is 5.32 Å². The van der Waals surface area contributed by atoms with E-state index in [1.807, 2.05) is 25.1 Å². The third-order valence-electron chi connectivity index (χ3n) is 2.92. The Hall–Kier alpha value is -1.51. The van der Waals surface area contributed by atoms with Crippen LogP contribution in [0.2, 0.25) is 0 Å². The van der Waals surface area contributed by atoms with Crippen LogP contribution >= 0.6 is 0 Å². The van der Waals surface area contributed by atoms with Gasteiger partial charge in [0.25, 0.3) is 0 Å². The zero-order valence-electron chi connectivity index (χ0n) is 11.0. The second-order valence-corrected chi connectivity index (χ2v) is 4.43. The van der Waals surface area contributed by atoms with Crippen molar-refractivity contribution in [3.05, 3.63) is 29.3 Å². The van der Waals surface area contributed by atoms with Gasteiger partial charge in [-0.3, -0.25) is 0 Å². The zero-order valence-corrected chi connectivity index (χ0v) is 11.0. The predicted octanol–water partition coefficient (Wildman–Crippen LogP) is 3.24. The van der Waals surface area contributed by atoms with Gasteiger partial charge in [-0.05, 0) is 25.0 Å². The fourth-order valence-corrected chi connectivity index (χ4v) is 1.52. The van der Waals surface area contributed by atoms with Crippen molar-refractivity contribution in [1.29, 1.82) is 0 Å². The molecule has 17 heavy (non-hydrogen) atoms. The van der Waals surface area contributed by atoms with Crippen molar-refractivity contribution in [2.24, 2.45) is 5.92 Å². The van der Waals surface area contributed by atoms with Gasteiger partial charge >= 0.3 is 5.97 Å². The quantitative estimate of drug-likeness (QED) is 0.796. The molecule has 0 fully saturated rings. The fourth-order valence-electron chi connectivity index (χ4n) is 1.52. The van der Waals surface area contributed by atoms with Crippen molar-refractivity contribution >= 4 is 11.7 Å². The van der Waals surface area contributed by atoms with Gasteiger partial charge in [0.15, 0.2) is 0 Å². The van der Waals surface area contributed by atoms with E-state index in [1.54, 1.807) is 0 Å². The lowest BCUT2D eigenvalue weighted by atomic mass is 10.1. The second kappa shape index (κ2) is 6.28. The van der Waals surface area contributed by atoms with Gasteiger partial charge in [-0.15, -0.1) is 0 Å². The molecule has 0 aliphatic heterocycles. The van der Waals surface area contributed by atoms with Gasteiger partial charge < -0.3 is 10.1 Å². The summed E-state index contributed by atoms with van der Waals surface area (Å²) in [5.41, 5.74) is 2.51. The average Bonchev–Trinajstić information content (AvgIpc) is 2.35. The summed E-state index contributed by atoms with van der Waals surface area (Å²) >= 11 is 0. The minimum Gasteiger partial charge on any atom is -0.465 e. The Morgan fingerprint density at radius 2 is 2.18 bits per heavy atom. The standard InChI is InChI=1S/C14H21NO2/c1-5-10(2)9-15-13-7-6-11(3)8-12(13)14(16)17-4/h6-8,10,15H,5,9H2,1-4H3. The normalized spacial score (nSPS) is 12.0. The van der Waals surface area contributed by atoms with E-state index in [0.717, 1.165) is 24.2 Å². The van der Waals surface area contributed by atoms with Crippen LogP contribution in [0.15, 0.2) is 18.2 Å². The van der Waals surface area contributed by atoms with Crippen molar-refractivity contribution in [1.82, 2.24) is 0 Å². The second-order valence-electron chi connectivity index (χ2n) is 4.43. The molecule has 1 atom stereocenters. The minimum absolute atomic E-state index is 0.291. The number of carbonyl (C=O) groups is 1. The van der Waals surface area contributed by atoms with Crippen molar-refractivity contribution in [2.75, 3.05) is 19.0 Å². The monoisotopic (exact) mass is 235 g/mol.